The monoisotopic (exact) mass is 422 g/mol. The van der Waals surface area contributed by atoms with Gasteiger partial charge >= 0.3 is 0 Å². The minimum Gasteiger partial charge on any atom is -0.373 e. The lowest BCUT2D eigenvalue weighted by atomic mass is 10.4. The van der Waals surface area contributed by atoms with Gasteiger partial charge in [0, 0.05) is 27.2 Å². The number of anilines is 1. The van der Waals surface area contributed by atoms with Gasteiger partial charge in [-0.2, -0.15) is 0 Å². The van der Waals surface area contributed by atoms with Crippen molar-refractivity contribution in [1.82, 2.24) is 4.72 Å². The van der Waals surface area contributed by atoms with E-state index in [0.717, 1.165) is 28.7 Å². The summed E-state index contributed by atoms with van der Waals surface area (Å²) < 4.78 is 33.2. The fourth-order valence-electron chi connectivity index (χ4n) is 2.84. The standard InChI is InChI=1S/C18H19N3O3S3/c22-27(23,15-4-6-18(19-13-15)21-7-9-24-10-8-21)20-12-14-3-5-17(26-14)16-2-1-11-25-16/h1-6,11,13,20H,7-10,12H2/p+1. The number of ether oxygens (including phenoxy) is 1. The van der Waals surface area contributed by atoms with E-state index in [1.54, 1.807) is 41.0 Å². The summed E-state index contributed by atoms with van der Waals surface area (Å²) in [6.45, 7) is 3.24. The Morgan fingerprint density at radius 1 is 1.11 bits per heavy atom. The van der Waals surface area contributed by atoms with Crippen LogP contribution in [0.4, 0.5) is 5.82 Å². The number of H-pyrrole nitrogens is 1. The maximum absolute atomic E-state index is 12.6. The number of pyridine rings is 1. The summed E-state index contributed by atoms with van der Waals surface area (Å²) in [7, 11) is -3.57. The van der Waals surface area contributed by atoms with E-state index in [9.17, 15) is 8.42 Å². The van der Waals surface area contributed by atoms with Crippen molar-refractivity contribution in [2.24, 2.45) is 0 Å². The summed E-state index contributed by atoms with van der Waals surface area (Å²) in [6.07, 6.45) is 1.54. The molecule has 0 aromatic carbocycles. The van der Waals surface area contributed by atoms with Crippen molar-refractivity contribution in [2.45, 2.75) is 11.4 Å². The van der Waals surface area contributed by atoms with Gasteiger partial charge in [-0.3, -0.25) is 4.90 Å². The van der Waals surface area contributed by atoms with Crippen molar-refractivity contribution in [2.75, 3.05) is 31.2 Å². The van der Waals surface area contributed by atoms with Crippen molar-refractivity contribution in [3.63, 3.8) is 0 Å². The van der Waals surface area contributed by atoms with Crippen LogP contribution in [0.2, 0.25) is 0 Å². The van der Waals surface area contributed by atoms with Crippen LogP contribution in [0.15, 0.2) is 52.9 Å². The molecule has 1 aliphatic rings. The van der Waals surface area contributed by atoms with E-state index >= 15 is 0 Å². The molecule has 4 rings (SSSR count). The highest BCUT2D eigenvalue weighted by Crippen LogP contribution is 2.31. The molecular formula is C18H20N3O3S3+. The third kappa shape index (κ3) is 4.39. The van der Waals surface area contributed by atoms with Crippen molar-refractivity contribution in [3.8, 4) is 9.75 Å². The molecule has 142 valence electrons. The second-order valence-electron chi connectivity index (χ2n) is 6.08. The van der Waals surface area contributed by atoms with Crippen LogP contribution >= 0.6 is 22.7 Å². The number of thiophene rings is 2. The molecule has 4 heterocycles. The number of aromatic nitrogens is 1. The summed E-state index contributed by atoms with van der Waals surface area (Å²) in [5.41, 5.74) is 0. The molecule has 0 saturated carbocycles. The Hall–Kier alpha value is -1.78. The Kier molecular flexibility index (Phi) is 5.55. The Labute approximate surface area is 166 Å². The van der Waals surface area contributed by atoms with Crippen LogP contribution in [0, 0.1) is 0 Å². The molecule has 3 aromatic rings. The number of nitrogens with zero attached hydrogens (tertiary/aromatic N) is 1. The van der Waals surface area contributed by atoms with Crippen LogP contribution in [-0.4, -0.2) is 34.7 Å². The molecule has 2 N–H and O–H groups in total. The average molecular weight is 423 g/mol. The van der Waals surface area contributed by atoms with Crippen molar-refractivity contribution >= 4 is 38.5 Å². The lowest BCUT2D eigenvalue weighted by molar-refractivity contribution is -0.367. The highest BCUT2D eigenvalue weighted by molar-refractivity contribution is 7.89. The fraction of sp³-hybridized carbons (Fsp3) is 0.278. The number of nitrogens with one attached hydrogen (secondary N) is 2. The number of aromatic amines is 1. The summed E-state index contributed by atoms with van der Waals surface area (Å²) in [4.78, 5) is 8.80. The molecule has 0 aliphatic carbocycles. The minimum absolute atomic E-state index is 0.231. The van der Waals surface area contributed by atoms with E-state index < -0.39 is 10.0 Å². The zero-order valence-corrected chi connectivity index (χ0v) is 17.0. The largest absolute Gasteiger partial charge is 0.373 e. The number of sulfonamides is 1. The first-order valence-electron chi connectivity index (χ1n) is 8.58. The topological polar surface area (TPSA) is 72.8 Å². The van der Waals surface area contributed by atoms with Crippen molar-refractivity contribution in [1.29, 1.82) is 0 Å². The van der Waals surface area contributed by atoms with Gasteiger partial charge in [0.15, 0.2) is 0 Å². The average Bonchev–Trinajstić information content (AvgIpc) is 3.39. The van der Waals surface area contributed by atoms with Crippen LogP contribution in [0.5, 0.6) is 0 Å². The lowest BCUT2D eigenvalue weighted by Crippen LogP contribution is -2.39. The molecule has 1 saturated heterocycles. The van der Waals surface area contributed by atoms with Crippen LogP contribution in [0.25, 0.3) is 9.75 Å². The molecule has 9 heteroatoms. The predicted molar refractivity (Wildman–Crippen MR) is 108 cm³/mol. The second-order valence-corrected chi connectivity index (χ2v) is 9.96. The van der Waals surface area contributed by atoms with Gasteiger partial charge in [0.2, 0.25) is 10.0 Å². The van der Waals surface area contributed by atoms with Crippen LogP contribution in [0.3, 0.4) is 0 Å². The molecule has 1 aliphatic heterocycles. The molecule has 0 unspecified atom stereocenters. The van der Waals surface area contributed by atoms with Gasteiger partial charge in [0.05, 0.1) is 13.2 Å². The third-order valence-electron chi connectivity index (χ3n) is 4.29. The first-order valence-corrected chi connectivity index (χ1v) is 11.8. The molecule has 3 aromatic heterocycles. The van der Waals surface area contributed by atoms with E-state index in [4.69, 9.17) is 4.74 Å². The van der Waals surface area contributed by atoms with Gasteiger partial charge < -0.3 is 4.74 Å². The summed E-state index contributed by atoms with van der Waals surface area (Å²) in [5.74, 6) is 0.899. The number of rotatable bonds is 6. The predicted octanol–water partition coefficient (Wildman–Crippen LogP) is 2.61. The zero-order chi connectivity index (χ0) is 18.7. The van der Waals surface area contributed by atoms with E-state index in [1.165, 1.54) is 4.88 Å². The smallest absolute Gasteiger partial charge is 0.274 e. The molecule has 0 bridgehead atoms. The van der Waals surface area contributed by atoms with Gasteiger partial charge in [-0.15, -0.1) is 22.7 Å². The van der Waals surface area contributed by atoms with Crippen LogP contribution in [0.1, 0.15) is 4.88 Å². The lowest BCUT2D eigenvalue weighted by Gasteiger charge is -2.21. The molecule has 6 nitrogen and oxygen atoms in total. The Balaban J connectivity index is 1.41. The summed E-state index contributed by atoms with van der Waals surface area (Å²) >= 11 is 3.28. The molecule has 27 heavy (non-hydrogen) atoms. The summed E-state index contributed by atoms with van der Waals surface area (Å²) in [5, 5.41) is 2.04. The van der Waals surface area contributed by atoms with Crippen molar-refractivity contribution < 1.29 is 18.1 Å². The highest BCUT2D eigenvalue weighted by atomic mass is 32.2. The number of hydrogen-bond acceptors (Lipinski definition) is 6. The Morgan fingerprint density at radius 2 is 1.96 bits per heavy atom. The first-order chi connectivity index (χ1) is 13.1. The van der Waals surface area contributed by atoms with Gasteiger partial charge in [-0.05, 0) is 29.6 Å². The molecule has 0 radical (unpaired) electrons. The first kappa shape index (κ1) is 18.6. The van der Waals surface area contributed by atoms with E-state index in [-0.39, 0.29) is 11.4 Å². The van der Waals surface area contributed by atoms with E-state index in [1.807, 2.05) is 23.6 Å². The zero-order valence-electron chi connectivity index (χ0n) is 14.6. The number of hydrogen-bond donors (Lipinski definition) is 1. The van der Waals surface area contributed by atoms with Gasteiger partial charge in [0.1, 0.15) is 24.2 Å². The van der Waals surface area contributed by atoms with Gasteiger partial charge in [0.25, 0.3) is 5.82 Å². The number of morpholine rings is 1. The van der Waals surface area contributed by atoms with E-state index in [0.29, 0.717) is 13.2 Å². The normalized spacial score (nSPS) is 15.2. The fourth-order valence-corrected chi connectivity index (χ4v) is 5.69. The van der Waals surface area contributed by atoms with Crippen LogP contribution in [-0.2, 0) is 21.3 Å². The molecule has 0 spiro atoms. The third-order valence-corrected chi connectivity index (χ3v) is 7.84. The quantitative estimate of drug-likeness (QED) is 0.663. The summed E-state index contributed by atoms with van der Waals surface area (Å²) in [6, 6.07) is 11.5. The maximum atomic E-state index is 12.6. The SMILES string of the molecule is O=S(=O)(NCc1ccc(-c2cccs2)s1)c1ccc(N2CCOCC2)[nH+]c1. The van der Waals surface area contributed by atoms with E-state index in [2.05, 4.69) is 20.7 Å². The van der Waals surface area contributed by atoms with Gasteiger partial charge in [-0.25, -0.2) is 18.1 Å². The molecule has 0 amide bonds. The molecular weight excluding hydrogens is 402 g/mol. The van der Waals surface area contributed by atoms with Crippen molar-refractivity contribution in [3.05, 3.63) is 52.9 Å². The second kappa shape index (κ2) is 8.07. The van der Waals surface area contributed by atoms with Crippen LogP contribution < -0.4 is 14.6 Å². The Morgan fingerprint density at radius 3 is 2.67 bits per heavy atom. The molecule has 0 atom stereocenters. The Bertz CT molecular complexity index is 977. The minimum atomic E-state index is -3.57. The molecule has 1 fully saturated rings. The maximum Gasteiger partial charge on any atom is 0.274 e. The highest BCUT2D eigenvalue weighted by Gasteiger charge is 2.21. The van der Waals surface area contributed by atoms with Gasteiger partial charge in [-0.1, -0.05) is 6.07 Å².